The van der Waals surface area contributed by atoms with Gasteiger partial charge in [0.15, 0.2) is 0 Å². The van der Waals surface area contributed by atoms with Crippen molar-refractivity contribution < 1.29 is 14.3 Å². The molecule has 24 heavy (non-hydrogen) atoms. The smallest absolute Gasteiger partial charge is 0.305 e. The van der Waals surface area contributed by atoms with E-state index in [1.54, 1.807) is 30.5 Å². The summed E-state index contributed by atoms with van der Waals surface area (Å²) in [5.74, 6) is -0.538. The van der Waals surface area contributed by atoms with E-state index in [9.17, 15) is 9.59 Å². The predicted molar refractivity (Wildman–Crippen MR) is 95.8 cm³/mol. The third-order valence-electron chi connectivity index (χ3n) is 3.05. The molecular formula is C16H16Cl2N2O3S. The SMILES string of the molecule is CCOC(=O)CCCNC(=O)c1csc(-c2ccc(Cl)c(Cl)c2)n1. The van der Waals surface area contributed by atoms with Crippen LogP contribution in [0, 0.1) is 0 Å². The average molecular weight is 387 g/mol. The van der Waals surface area contributed by atoms with E-state index in [0.717, 1.165) is 5.56 Å². The van der Waals surface area contributed by atoms with Crippen molar-refractivity contribution in [2.75, 3.05) is 13.2 Å². The number of rotatable bonds is 7. The third kappa shape index (κ3) is 5.19. The Morgan fingerprint density at radius 1 is 1.29 bits per heavy atom. The van der Waals surface area contributed by atoms with Gasteiger partial charge in [0.05, 0.1) is 16.7 Å². The minimum absolute atomic E-state index is 0.262. The summed E-state index contributed by atoms with van der Waals surface area (Å²) in [5.41, 5.74) is 1.13. The number of ether oxygens (including phenoxy) is 1. The molecule has 0 aliphatic carbocycles. The van der Waals surface area contributed by atoms with E-state index in [1.807, 2.05) is 0 Å². The average Bonchev–Trinajstić information content (AvgIpc) is 3.04. The van der Waals surface area contributed by atoms with Gasteiger partial charge in [-0.1, -0.05) is 29.3 Å². The topological polar surface area (TPSA) is 68.3 Å². The van der Waals surface area contributed by atoms with Crippen molar-refractivity contribution in [2.24, 2.45) is 0 Å². The van der Waals surface area contributed by atoms with Crippen LogP contribution in [0.3, 0.4) is 0 Å². The number of carbonyl (C=O) groups is 2. The Bertz CT molecular complexity index is 734. The van der Waals surface area contributed by atoms with Crippen LogP contribution in [-0.2, 0) is 9.53 Å². The number of hydrogen-bond acceptors (Lipinski definition) is 5. The molecule has 5 nitrogen and oxygen atoms in total. The second kappa shape index (κ2) is 9.01. The minimum Gasteiger partial charge on any atom is -0.466 e. The highest BCUT2D eigenvalue weighted by Crippen LogP contribution is 2.30. The molecule has 1 heterocycles. The third-order valence-corrected chi connectivity index (χ3v) is 4.68. The van der Waals surface area contributed by atoms with Crippen LogP contribution >= 0.6 is 34.5 Å². The normalized spacial score (nSPS) is 10.5. The first-order valence-electron chi connectivity index (χ1n) is 7.36. The maximum atomic E-state index is 12.1. The zero-order chi connectivity index (χ0) is 17.5. The van der Waals surface area contributed by atoms with Gasteiger partial charge in [-0.2, -0.15) is 0 Å². The first-order chi connectivity index (χ1) is 11.5. The number of hydrogen-bond donors (Lipinski definition) is 1. The minimum atomic E-state index is -0.276. The van der Waals surface area contributed by atoms with Gasteiger partial charge in [-0.3, -0.25) is 9.59 Å². The van der Waals surface area contributed by atoms with Crippen molar-refractivity contribution in [3.05, 3.63) is 39.3 Å². The molecule has 128 valence electrons. The standard InChI is InChI=1S/C16H16Cl2N2O3S/c1-2-23-14(21)4-3-7-19-15(22)13-9-24-16(20-13)10-5-6-11(17)12(18)8-10/h5-6,8-9H,2-4,7H2,1H3,(H,19,22). The molecule has 0 radical (unpaired) electrons. The monoisotopic (exact) mass is 386 g/mol. The molecule has 0 spiro atoms. The molecule has 0 aliphatic heterocycles. The van der Waals surface area contributed by atoms with Crippen LogP contribution in [0.4, 0.5) is 0 Å². The van der Waals surface area contributed by atoms with Crippen LogP contribution in [0.25, 0.3) is 10.6 Å². The number of aromatic nitrogens is 1. The van der Waals surface area contributed by atoms with Gasteiger partial charge in [0.1, 0.15) is 10.7 Å². The maximum Gasteiger partial charge on any atom is 0.305 e. The van der Waals surface area contributed by atoms with Gasteiger partial charge in [0.2, 0.25) is 0 Å². The fraction of sp³-hybridized carbons (Fsp3) is 0.312. The summed E-state index contributed by atoms with van der Waals surface area (Å²) >= 11 is 13.2. The molecule has 0 saturated carbocycles. The second-order valence-electron chi connectivity index (χ2n) is 4.83. The molecule has 1 aromatic heterocycles. The van der Waals surface area contributed by atoms with Gasteiger partial charge in [-0.15, -0.1) is 11.3 Å². The number of thiazole rings is 1. The molecule has 0 atom stereocenters. The molecule has 8 heteroatoms. The Labute approximate surface area is 153 Å². The zero-order valence-corrected chi connectivity index (χ0v) is 15.3. The summed E-state index contributed by atoms with van der Waals surface area (Å²) in [6, 6.07) is 5.20. The number of nitrogens with one attached hydrogen (secondary N) is 1. The Balaban J connectivity index is 1.89. The molecule has 1 aromatic carbocycles. The molecule has 0 bridgehead atoms. The molecule has 0 fully saturated rings. The summed E-state index contributed by atoms with van der Waals surface area (Å²) in [5, 5.41) is 6.00. The summed E-state index contributed by atoms with van der Waals surface area (Å²) in [6.45, 7) is 2.51. The maximum absolute atomic E-state index is 12.1. The molecule has 0 aliphatic rings. The van der Waals surface area contributed by atoms with E-state index in [1.165, 1.54) is 11.3 Å². The van der Waals surface area contributed by atoms with Gasteiger partial charge in [-0.05, 0) is 25.5 Å². The summed E-state index contributed by atoms with van der Waals surface area (Å²) in [7, 11) is 0. The quantitative estimate of drug-likeness (QED) is 0.571. The predicted octanol–water partition coefficient (Wildman–Crippen LogP) is 4.19. The fourth-order valence-corrected chi connectivity index (χ4v) is 2.99. The van der Waals surface area contributed by atoms with Crippen LogP contribution < -0.4 is 5.32 Å². The lowest BCUT2D eigenvalue weighted by atomic mass is 10.2. The molecule has 0 unspecified atom stereocenters. The van der Waals surface area contributed by atoms with Gasteiger partial charge in [-0.25, -0.2) is 4.98 Å². The number of halogens is 2. The van der Waals surface area contributed by atoms with Crippen molar-refractivity contribution in [3.63, 3.8) is 0 Å². The highest BCUT2D eigenvalue weighted by molar-refractivity contribution is 7.13. The molecule has 2 rings (SSSR count). The summed E-state index contributed by atoms with van der Waals surface area (Å²) in [4.78, 5) is 27.6. The van der Waals surface area contributed by atoms with Gasteiger partial charge < -0.3 is 10.1 Å². The van der Waals surface area contributed by atoms with Crippen LogP contribution in [0.1, 0.15) is 30.3 Å². The first kappa shape index (κ1) is 18.7. The van der Waals surface area contributed by atoms with Gasteiger partial charge in [0, 0.05) is 23.9 Å². The molecule has 1 N–H and O–H groups in total. The Morgan fingerprint density at radius 2 is 2.08 bits per heavy atom. The van der Waals surface area contributed by atoms with Crippen molar-refractivity contribution in [3.8, 4) is 10.6 Å². The van der Waals surface area contributed by atoms with E-state index in [0.29, 0.717) is 40.3 Å². The van der Waals surface area contributed by atoms with E-state index >= 15 is 0 Å². The summed E-state index contributed by atoms with van der Waals surface area (Å²) in [6.07, 6.45) is 0.800. The van der Waals surface area contributed by atoms with Crippen LogP contribution in [-0.4, -0.2) is 30.0 Å². The molecule has 1 amide bonds. The number of nitrogens with zero attached hydrogens (tertiary/aromatic N) is 1. The second-order valence-corrected chi connectivity index (χ2v) is 6.50. The molecule has 2 aromatic rings. The van der Waals surface area contributed by atoms with E-state index in [4.69, 9.17) is 27.9 Å². The molecular weight excluding hydrogens is 371 g/mol. The number of carbonyl (C=O) groups excluding carboxylic acids is 2. The number of benzene rings is 1. The summed E-state index contributed by atoms with van der Waals surface area (Å²) < 4.78 is 4.82. The Hall–Kier alpha value is -1.63. The van der Waals surface area contributed by atoms with Crippen molar-refractivity contribution in [2.45, 2.75) is 19.8 Å². The fourth-order valence-electron chi connectivity index (χ4n) is 1.90. The van der Waals surface area contributed by atoms with E-state index in [2.05, 4.69) is 10.3 Å². The highest BCUT2D eigenvalue weighted by atomic mass is 35.5. The first-order valence-corrected chi connectivity index (χ1v) is 8.99. The van der Waals surface area contributed by atoms with Crippen molar-refractivity contribution in [1.29, 1.82) is 0 Å². The largest absolute Gasteiger partial charge is 0.466 e. The lowest BCUT2D eigenvalue weighted by Crippen LogP contribution is -2.25. The number of amides is 1. The van der Waals surface area contributed by atoms with Gasteiger partial charge >= 0.3 is 5.97 Å². The lowest BCUT2D eigenvalue weighted by molar-refractivity contribution is -0.143. The number of esters is 1. The van der Waals surface area contributed by atoms with Crippen LogP contribution in [0.15, 0.2) is 23.6 Å². The highest BCUT2D eigenvalue weighted by Gasteiger charge is 2.12. The Kier molecular flexibility index (Phi) is 7.02. The van der Waals surface area contributed by atoms with Crippen LogP contribution in [0.5, 0.6) is 0 Å². The van der Waals surface area contributed by atoms with E-state index < -0.39 is 0 Å². The zero-order valence-electron chi connectivity index (χ0n) is 13.0. The van der Waals surface area contributed by atoms with Gasteiger partial charge in [0.25, 0.3) is 5.91 Å². The van der Waals surface area contributed by atoms with Crippen molar-refractivity contribution in [1.82, 2.24) is 10.3 Å². The lowest BCUT2D eigenvalue weighted by Gasteiger charge is -2.03. The Morgan fingerprint density at radius 3 is 2.79 bits per heavy atom. The van der Waals surface area contributed by atoms with Crippen LogP contribution in [0.2, 0.25) is 10.0 Å². The van der Waals surface area contributed by atoms with E-state index in [-0.39, 0.29) is 18.3 Å². The van der Waals surface area contributed by atoms with Crippen molar-refractivity contribution >= 4 is 46.4 Å². The molecule has 0 saturated heterocycles.